The molecule has 1 unspecified atom stereocenters. The minimum Gasteiger partial charge on any atom is -0.378 e. The van der Waals surface area contributed by atoms with Gasteiger partial charge in [0.1, 0.15) is 12.1 Å². The van der Waals surface area contributed by atoms with Gasteiger partial charge in [0.25, 0.3) is 0 Å². The van der Waals surface area contributed by atoms with E-state index >= 15 is 0 Å². The smallest absolute Gasteiger partial charge is 0.222 e. The molecule has 1 amide bonds. The zero-order valence-electron chi connectivity index (χ0n) is 14.6. The molecule has 2 aromatic rings. The minimum atomic E-state index is 0.240. The molecule has 4 rings (SSSR count). The highest BCUT2D eigenvalue weighted by Gasteiger charge is 2.25. The highest BCUT2D eigenvalue weighted by Crippen LogP contribution is 2.23. The van der Waals surface area contributed by atoms with Crippen LogP contribution >= 0.6 is 0 Å². The van der Waals surface area contributed by atoms with Gasteiger partial charge in [0.05, 0.1) is 17.7 Å². The van der Waals surface area contributed by atoms with E-state index < -0.39 is 0 Å². The molecule has 4 heterocycles. The molecule has 2 saturated heterocycles. The molecule has 2 fully saturated rings. The number of ether oxygens (including phenoxy) is 1. The summed E-state index contributed by atoms with van der Waals surface area (Å²) in [4.78, 5) is 25.3. The maximum absolute atomic E-state index is 12.4. The molecule has 0 saturated carbocycles. The van der Waals surface area contributed by atoms with Crippen molar-refractivity contribution in [2.24, 2.45) is 7.05 Å². The van der Waals surface area contributed by atoms with E-state index in [9.17, 15) is 4.79 Å². The second kappa shape index (κ2) is 6.95. The van der Waals surface area contributed by atoms with E-state index in [1.54, 1.807) is 11.0 Å². The van der Waals surface area contributed by atoms with Crippen molar-refractivity contribution in [2.45, 2.75) is 31.8 Å². The zero-order valence-corrected chi connectivity index (χ0v) is 14.6. The van der Waals surface area contributed by atoms with Gasteiger partial charge in [-0.2, -0.15) is 5.10 Å². The number of nitrogens with zero attached hydrogens (tertiary/aromatic N) is 6. The highest BCUT2D eigenvalue weighted by atomic mass is 16.5. The third-order valence-corrected chi connectivity index (χ3v) is 5.14. The number of carbonyl (C=O) groups excluding carboxylic acids is 1. The largest absolute Gasteiger partial charge is 0.378 e. The van der Waals surface area contributed by atoms with E-state index in [1.807, 2.05) is 18.1 Å². The maximum Gasteiger partial charge on any atom is 0.222 e. The van der Waals surface area contributed by atoms with Crippen molar-refractivity contribution in [3.63, 3.8) is 0 Å². The predicted molar refractivity (Wildman–Crippen MR) is 93.3 cm³/mol. The molecule has 8 nitrogen and oxygen atoms in total. The van der Waals surface area contributed by atoms with Crippen LogP contribution in [-0.4, -0.2) is 69.4 Å². The van der Waals surface area contributed by atoms with Gasteiger partial charge in [-0.25, -0.2) is 9.97 Å². The van der Waals surface area contributed by atoms with E-state index in [4.69, 9.17) is 4.74 Å². The van der Waals surface area contributed by atoms with Crippen LogP contribution in [0.1, 0.15) is 25.7 Å². The van der Waals surface area contributed by atoms with Gasteiger partial charge in [0.15, 0.2) is 5.65 Å². The first-order chi connectivity index (χ1) is 12.2. The third-order valence-electron chi connectivity index (χ3n) is 5.14. The van der Waals surface area contributed by atoms with Crippen molar-refractivity contribution in [1.82, 2.24) is 24.6 Å². The Labute approximate surface area is 146 Å². The SMILES string of the molecule is Cn1ncc2c(N3CCN(C(=O)CCC4CCCO4)CC3)ncnc21. The highest BCUT2D eigenvalue weighted by molar-refractivity contribution is 5.86. The molecule has 0 spiro atoms. The molecule has 0 aromatic carbocycles. The average Bonchev–Trinajstić information content (AvgIpc) is 3.30. The van der Waals surface area contributed by atoms with Crippen molar-refractivity contribution in [3.05, 3.63) is 12.5 Å². The summed E-state index contributed by atoms with van der Waals surface area (Å²) in [7, 11) is 1.88. The number of piperazine rings is 1. The van der Waals surface area contributed by atoms with Crippen LogP contribution in [0.2, 0.25) is 0 Å². The maximum atomic E-state index is 12.4. The fraction of sp³-hybridized carbons (Fsp3) is 0.647. The molecular formula is C17H24N6O2. The summed E-state index contributed by atoms with van der Waals surface area (Å²) in [6.07, 6.45) is 7.33. The van der Waals surface area contributed by atoms with Crippen molar-refractivity contribution < 1.29 is 9.53 Å². The van der Waals surface area contributed by atoms with Crippen molar-refractivity contribution >= 4 is 22.8 Å². The van der Waals surface area contributed by atoms with Gasteiger partial charge in [0, 0.05) is 46.3 Å². The standard InChI is InChI=1S/C17H24N6O2/c1-21-16-14(11-20-21)17(19-12-18-16)23-8-6-22(7-9-23)15(24)5-4-13-3-2-10-25-13/h11-13H,2-10H2,1H3. The van der Waals surface area contributed by atoms with E-state index in [2.05, 4.69) is 20.0 Å². The summed E-state index contributed by atoms with van der Waals surface area (Å²) in [6, 6.07) is 0. The van der Waals surface area contributed by atoms with Gasteiger partial charge in [-0.05, 0) is 19.3 Å². The summed E-state index contributed by atoms with van der Waals surface area (Å²) < 4.78 is 7.36. The Morgan fingerprint density at radius 1 is 1.28 bits per heavy atom. The second-order valence-electron chi connectivity index (χ2n) is 6.74. The molecule has 2 aliphatic rings. The Bertz CT molecular complexity index is 747. The molecule has 0 radical (unpaired) electrons. The Morgan fingerprint density at radius 3 is 2.88 bits per heavy atom. The average molecular weight is 344 g/mol. The Morgan fingerprint density at radius 2 is 2.12 bits per heavy atom. The molecule has 2 aliphatic heterocycles. The number of rotatable bonds is 4. The number of aromatic nitrogens is 4. The number of fused-ring (bicyclic) bond motifs is 1. The first-order valence-corrected chi connectivity index (χ1v) is 8.99. The van der Waals surface area contributed by atoms with Gasteiger partial charge in [-0.15, -0.1) is 0 Å². The second-order valence-corrected chi connectivity index (χ2v) is 6.74. The van der Waals surface area contributed by atoms with Gasteiger partial charge in [-0.3, -0.25) is 9.48 Å². The van der Waals surface area contributed by atoms with Crippen LogP contribution in [0.4, 0.5) is 5.82 Å². The number of carbonyl (C=O) groups is 1. The Kier molecular flexibility index (Phi) is 4.52. The molecule has 2 aromatic heterocycles. The van der Waals surface area contributed by atoms with E-state index in [1.165, 1.54) is 0 Å². The lowest BCUT2D eigenvalue weighted by atomic mass is 10.1. The lowest BCUT2D eigenvalue weighted by molar-refractivity contribution is -0.132. The van der Waals surface area contributed by atoms with Crippen LogP contribution in [0.25, 0.3) is 11.0 Å². The monoisotopic (exact) mass is 344 g/mol. The van der Waals surface area contributed by atoms with Crippen molar-refractivity contribution in [2.75, 3.05) is 37.7 Å². The van der Waals surface area contributed by atoms with E-state index in [0.29, 0.717) is 6.42 Å². The summed E-state index contributed by atoms with van der Waals surface area (Å²) in [5, 5.41) is 5.23. The van der Waals surface area contributed by atoms with Gasteiger partial charge in [0.2, 0.25) is 5.91 Å². The quantitative estimate of drug-likeness (QED) is 0.823. The number of aryl methyl sites for hydroxylation is 1. The number of anilines is 1. The predicted octanol–water partition coefficient (Wildman–Crippen LogP) is 0.971. The van der Waals surface area contributed by atoms with Crippen LogP contribution in [0.3, 0.4) is 0 Å². The van der Waals surface area contributed by atoms with Crippen LogP contribution in [0.5, 0.6) is 0 Å². The number of hydrogen-bond acceptors (Lipinski definition) is 6. The molecule has 1 atom stereocenters. The first-order valence-electron chi connectivity index (χ1n) is 8.99. The van der Waals surface area contributed by atoms with Crippen molar-refractivity contribution in [3.8, 4) is 0 Å². The first kappa shape index (κ1) is 16.3. The topological polar surface area (TPSA) is 76.4 Å². The Balaban J connectivity index is 1.35. The number of hydrogen-bond donors (Lipinski definition) is 0. The van der Waals surface area contributed by atoms with Crippen LogP contribution in [-0.2, 0) is 16.6 Å². The van der Waals surface area contributed by atoms with Gasteiger partial charge >= 0.3 is 0 Å². The summed E-state index contributed by atoms with van der Waals surface area (Å²) in [6.45, 7) is 3.88. The molecule has 25 heavy (non-hydrogen) atoms. The van der Waals surface area contributed by atoms with Crippen LogP contribution in [0, 0.1) is 0 Å². The molecular weight excluding hydrogens is 320 g/mol. The lowest BCUT2D eigenvalue weighted by Gasteiger charge is -2.35. The minimum absolute atomic E-state index is 0.240. The number of amides is 1. The molecule has 0 aliphatic carbocycles. The lowest BCUT2D eigenvalue weighted by Crippen LogP contribution is -2.49. The normalized spacial score (nSPS) is 21.2. The fourth-order valence-electron chi connectivity index (χ4n) is 3.68. The summed E-state index contributed by atoms with van der Waals surface area (Å²) >= 11 is 0. The van der Waals surface area contributed by atoms with Gasteiger partial charge in [-0.1, -0.05) is 0 Å². The Hall–Kier alpha value is -2.22. The summed E-state index contributed by atoms with van der Waals surface area (Å²) in [5.41, 5.74) is 0.833. The van der Waals surface area contributed by atoms with E-state index in [0.717, 1.165) is 68.9 Å². The molecule has 0 N–H and O–H groups in total. The van der Waals surface area contributed by atoms with Gasteiger partial charge < -0.3 is 14.5 Å². The van der Waals surface area contributed by atoms with Crippen LogP contribution in [0.15, 0.2) is 12.5 Å². The zero-order chi connectivity index (χ0) is 17.2. The van der Waals surface area contributed by atoms with E-state index in [-0.39, 0.29) is 12.0 Å². The van der Waals surface area contributed by atoms with Crippen LogP contribution < -0.4 is 4.90 Å². The molecule has 134 valence electrons. The third kappa shape index (κ3) is 3.30. The fourth-order valence-corrected chi connectivity index (χ4v) is 3.68. The molecule has 8 heteroatoms. The summed E-state index contributed by atoms with van der Waals surface area (Å²) in [5.74, 6) is 1.15. The molecule has 0 bridgehead atoms. The van der Waals surface area contributed by atoms with Crippen molar-refractivity contribution in [1.29, 1.82) is 0 Å².